The first kappa shape index (κ1) is 16.2. The lowest BCUT2D eigenvalue weighted by atomic mass is 10.0. The number of hydrogen-bond acceptors (Lipinski definition) is 5. The SMILES string of the molecule is CC.CCC(O)[C@@H](O)[C@H](O)[C@@H](N)CO. The first-order valence-electron chi connectivity index (χ1n) is 4.95. The third-order valence-electron chi connectivity index (χ3n) is 1.81. The Morgan fingerprint density at radius 3 is 1.79 bits per heavy atom. The monoisotopic (exact) mass is 209 g/mol. The highest BCUT2D eigenvalue weighted by atomic mass is 16.4. The molecule has 0 aliphatic heterocycles. The van der Waals surface area contributed by atoms with Crippen LogP contribution in [-0.4, -0.2) is 51.4 Å². The molecule has 4 atom stereocenters. The normalized spacial score (nSPS) is 18.9. The average molecular weight is 209 g/mol. The van der Waals surface area contributed by atoms with Gasteiger partial charge < -0.3 is 26.2 Å². The van der Waals surface area contributed by atoms with Crippen molar-refractivity contribution < 1.29 is 20.4 Å². The number of aliphatic hydroxyl groups excluding tert-OH is 4. The van der Waals surface area contributed by atoms with Gasteiger partial charge in [-0.05, 0) is 6.42 Å². The largest absolute Gasteiger partial charge is 0.395 e. The topological polar surface area (TPSA) is 107 Å². The Hall–Kier alpha value is -0.200. The molecule has 0 saturated heterocycles. The maximum Gasteiger partial charge on any atom is 0.107 e. The van der Waals surface area contributed by atoms with Crippen LogP contribution in [0.3, 0.4) is 0 Å². The highest BCUT2D eigenvalue weighted by Gasteiger charge is 2.27. The summed E-state index contributed by atoms with van der Waals surface area (Å²) in [4.78, 5) is 0. The van der Waals surface area contributed by atoms with E-state index in [9.17, 15) is 10.2 Å². The Labute approximate surface area is 85.2 Å². The molecule has 0 fully saturated rings. The highest BCUT2D eigenvalue weighted by molar-refractivity contribution is 4.82. The van der Waals surface area contributed by atoms with Crippen molar-refractivity contribution in [2.75, 3.05) is 6.61 Å². The van der Waals surface area contributed by atoms with Gasteiger partial charge >= 0.3 is 0 Å². The molecule has 0 aromatic carbocycles. The molecule has 6 N–H and O–H groups in total. The van der Waals surface area contributed by atoms with Crippen LogP contribution < -0.4 is 5.73 Å². The smallest absolute Gasteiger partial charge is 0.107 e. The second-order valence-electron chi connectivity index (χ2n) is 2.80. The van der Waals surface area contributed by atoms with E-state index in [2.05, 4.69) is 0 Å². The fourth-order valence-electron chi connectivity index (χ4n) is 0.830. The van der Waals surface area contributed by atoms with Crippen molar-refractivity contribution in [3.63, 3.8) is 0 Å². The lowest BCUT2D eigenvalue weighted by molar-refractivity contribution is -0.0733. The van der Waals surface area contributed by atoms with E-state index in [4.69, 9.17) is 15.9 Å². The van der Waals surface area contributed by atoms with Gasteiger partial charge in [0.1, 0.15) is 6.10 Å². The van der Waals surface area contributed by atoms with Crippen molar-refractivity contribution in [1.29, 1.82) is 0 Å². The summed E-state index contributed by atoms with van der Waals surface area (Å²) in [5.41, 5.74) is 5.24. The van der Waals surface area contributed by atoms with Gasteiger partial charge in [-0.25, -0.2) is 0 Å². The van der Waals surface area contributed by atoms with Gasteiger partial charge in [0, 0.05) is 0 Å². The molecule has 0 rings (SSSR count). The third kappa shape index (κ3) is 5.51. The van der Waals surface area contributed by atoms with E-state index in [1.165, 1.54) is 0 Å². The predicted octanol–water partition coefficient (Wildman–Crippen LogP) is -1.18. The first-order valence-corrected chi connectivity index (χ1v) is 4.95. The summed E-state index contributed by atoms with van der Waals surface area (Å²) in [6.45, 7) is 5.25. The molecule has 88 valence electrons. The maximum absolute atomic E-state index is 9.20. The molecule has 0 amide bonds. The average Bonchev–Trinajstić information content (AvgIpc) is 2.27. The lowest BCUT2D eigenvalue weighted by Crippen LogP contribution is -2.49. The predicted molar refractivity (Wildman–Crippen MR) is 54.7 cm³/mol. The summed E-state index contributed by atoms with van der Waals surface area (Å²) in [6.07, 6.45) is -3.25. The van der Waals surface area contributed by atoms with Gasteiger partial charge in [0.05, 0.1) is 24.9 Å². The number of rotatable bonds is 5. The quantitative estimate of drug-likeness (QED) is 0.392. The van der Waals surface area contributed by atoms with Crippen LogP contribution >= 0.6 is 0 Å². The van der Waals surface area contributed by atoms with Crippen molar-refractivity contribution >= 4 is 0 Å². The number of aliphatic hydroxyl groups is 4. The van der Waals surface area contributed by atoms with E-state index >= 15 is 0 Å². The molecule has 5 heteroatoms. The van der Waals surface area contributed by atoms with Crippen molar-refractivity contribution in [1.82, 2.24) is 0 Å². The molecule has 0 spiro atoms. The molecule has 1 unspecified atom stereocenters. The van der Waals surface area contributed by atoms with Crippen LogP contribution in [0.1, 0.15) is 27.2 Å². The fourth-order valence-corrected chi connectivity index (χ4v) is 0.830. The zero-order chi connectivity index (χ0) is 11.7. The molecule has 0 heterocycles. The Morgan fingerprint density at radius 2 is 1.50 bits per heavy atom. The lowest BCUT2D eigenvalue weighted by Gasteiger charge is -2.25. The molecular weight excluding hydrogens is 186 g/mol. The second-order valence-corrected chi connectivity index (χ2v) is 2.80. The maximum atomic E-state index is 9.20. The third-order valence-corrected chi connectivity index (χ3v) is 1.81. The van der Waals surface area contributed by atoms with Crippen molar-refractivity contribution in [2.24, 2.45) is 5.73 Å². The number of hydrogen-bond donors (Lipinski definition) is 5. The zero-order valence-corrected chi connectivity index (χ0v) is 9.09. The van der Waals surface area contributed by atoms with Crippen LogP contribution in [0.25, 0.3) is 0 Å². The molecule has 0 aromatic heterocycles. The number of nitrogens with two attached hydrogens (primary N) is 1. The van der Waals surface area contributed by atoms with Crippen LogP contribution in [0.2, 0.25) is 0 Å². The molecule has 0 radical (unpaired) electrons. The van der Waals surface area contributed by atoms with Gasteiger partial charge in [0.2, 0.25) is 0 Å². The Morgan fingerprint density at radius 1 is 1.07 bits per heavy atom. The summed E-state index contributed by atoms with van der Waals surface area (Å²) in [5.74, 6) is 0. The Bertz CT molecular complexity index is 109. The van der Waals surface area contributed by atoms with Crippen molar-refractivity contribution in [3.8, 4) is 0 Å². The van der Waals surface area contributed by atoms with E-state index in [1.54, 1.807) is 6.92 Å². The second kappa shape index (κ2) is 9.36. The van der Waals surface area contributed by atoms with E-state index in [0.717, 1.165) is 0 Å². The fraction of sp³-hybridized carbons (Fsp3) is 1.00. The molecule has 0 bridgehead atoms. The summed E-state index contributed by atoms with van der Waals surface area (Å²) >= 11 is 0. The zero-order valence-electron chi connectivity index (χ0n) is 9.09. The Balaban J connectivity index is 0. The van der Waals surface area contributed by atoms with E-state index in [0.29, 0.717) is 6.42 Å². The molecule has 0 saturated carbocycles. The van der Waals surface area contributed by atoms with Gasteiger partial charge in [-0.2, -0.15) is 0 Å². The van der Waals surface area contributed by atoms with Gasteiger partial charge in [0.15, 0.2) is 0 Å². The molecule has 0 aliphatic rings. The van der Waals surface area contributed by atoms with Gasteiger partial charge in [-0.15, -0.1) is 0 Å². The molecule has 5 nitrogen and oxygen atoms in total. The minimum Gasteiger partial charge on any atom is -0.395 e. The highest BCUT2D eigenvalue weighted by Crippen LogP contribution is 2.05. The van der Waals surface area contributed by atoms with Gasteiger partial charge in [-0.1, -0.05) is 20.8 Å². The summed E-state index contributed by atoms with van der Waals surface area (Å²) in [7, 11) is 0. The van der Waals surface area contributed by atoms with Gasteiger partial charge in [-0.3, -0.25) is 0 Å². The minimum absolute atomic E-state index is 0.330. The standard InChI is InChI=1S/C7H17NO4.C2H6/c1-2-5(10)7(12)6(11)4(8)3-9;1-2/h4-7,9-12H,2-3,8H2,1H3;1-2H3/t4-,5?,6+,7+;/m0./s1. The van der Waals surface area contributed by atoms with Crippen LogP contribution in [0.5, 0.6) is 0 Å². The molecular formula is C9H23NO4. The summed E-state index contributed by atoms with van der Waals surface area (Å²) < 4.78 is 0. The van der Waals surface area contributed by atoms with Crippen molar-refractivity contribution in [2.45, 2.75) is 51.5 Å². The summed E-state index contributed by atoms with van der Waals surface area (Å²) in [6, 6.07) is -0.916. The van der Waals surface area contributed by atoms with Crippen LogP contribution in [0.15, 0.2) is 0 Å². The molecule has 0 aromatic rings. The van der Waals surface area contributed by atoms with Crippen LogP contribution in [0, 0.1) is 0 Å². The van der Waals surface area contributed by atoms with E-state index in [-0.39, 0.29) is 0 Å². The van der Waals surface area contributed by atoms with Crippen LogP contribution in [0.4, 0.5) is 0 Å². The minimum atomic E-state index is -1.29. The van der Waals surface area contributed by atoms with E-state index in [1.807, 2.05) is 13.8 Å². The van der Waals surface area contributed by atoms with E-state index < -0.39 is 31.0 Å². The molecule has 0 aliphatic carbocycles. The molecule has 14 heavy (non-hydrogen) atoms. The summed E-state index contributed by atoms with van der Waals surface area (Å²) in [5, 5.41) is 36.0. The van der Waals surface area contributed by atoms with Crippen LogP contribution in [-0.2, 0) is 0 Å². The first-order chi connectivity index (χ1) is 6.54. The van der Waals surface area contributed by atoms with Gasteiger partial charge in [0.25, 0.3) is 0 Å². The van der Waals surface area contributed by atoms with Crippen molar-refractivity contribution in [3.05, 3.63) is 0 Å². The Kier molecular flexibility index (Phi) is 10.9.